The molecular formula is C11H12F3IN2O3. The van der Waals surface area contributed by atoms with Gasteiger partial charge in [0.15, 0.2) is 5.75 Å². The van der Waals surface area contributed by atoms with Gasteiger partial charge in [-0.2, -0.15) is 0 Å². The summed E-state index contributed by atoms with van der Waals surface area (Å²) in [6, 6.07) is 1.15. The van der Waals surface area contributed by atoms with E-state index in [1.54, 1.807) is 29.5 Å². The highest BCUT2D eigenvalue weighted by molar-refractivity contribution is 14.1. The van der Waals surface area contributed by atoms with Gasteiger partial charge in [0.2, 0.25) is 0 Å². The van der Waals surface area contributed by atoms with E-state index in [0.717, 1.165) is 6.07 Å². The van der Waals surface area contributed by atoms with Gasteiger partial charge in [-0.15, -0.1) is 13.2 Å². The topological polar surface area (TPSA) is 74.4 Å². The Hall–Kier alpha value is -1.10. The minimum Gasteiger partial charge on any atom is -0.466 e. The molecule has 5 nitrogen and oxygen atoms in total. The summed E-state index contributed by atoms with van der Waals surface area (Å²) in [7, 11) is 0. The highest BCUT2D eigenvalue weighted by Crippen LogP contribution is 2.28. The molecule has 1 rings (SSSR count). The number of halogens is 4. The maximum Gasteiger partial charge on any atom is 0.573 e. The Morgan fingerprint density at radius 2 is 2.10 bits per heavy atom. The summed E-state index contributed by atoms with van der Waals surface area (Å²) in [4.78, 5) is 15.3. The lowest BCUT2D eigenvalue weighted by Gasteiger charge is -2.14. The fraction of sp³-hybridized carbons (Fsp3) is 0.455. The highest BCUT2D eigenvalue weighted by Gasteiger charge is 2.32. The monoisotopic (exact) mass is 404 g/mol. The van der Waals surface area contributed by atoms with Gasteiger partial charge in [0.1, 0.15) is 0 Å². The molecule has 20 heavy (non-hydrogen) atoms. The summed E-state index contributed by atoms with van der Waals surface area (Å²) in [5, 5.41) is 0. The van der Waals surface area contributed by atoms with Crippen LogP contribution in [0.1, 0.15) is 18.3 Å². The Labute approximate surface area is 126 Å². The summed E-state index contributed by atoms with van der Waals surface area (Å²) >= 11 is 1.77. The van der Waals surface area contributed by atoms with Crippen molar-refractivity contribution in [1.29, 1.82) is 0 Å². The Morgan fingerprint density at radius 1 is 1.45 bits per heavy atom. The van der Waals surface area contributed by atoms with Crippen molar-refractivity contribution in [1.82, 2.24) is 4.98 Å². The smallest absolute Gasteiger partial charge is 0.466 e. The summed E-state index contributed by atoms with van der Waals surface area (Å²) < 4.78 is 45.7. The fourth-order valence-electron chi connectivity index (χ4n) is 1.39. The Bertz CT molecular complexity index is 495. The van der Waals surface area contributed by atoms with Crippen LogP contribution < -0.4 is 10.5 Å². The molecule has 112 valence electrons. The predicted molar refractivity (Wildman–Crippen MR) is 71.9 cm³/mol. The van der Waals surface area contributed by atoms with Gasteiger partial charge in [0, 0.05) is 10.1 Å². The van der Waals surface area contributed by atoms with Crippen molar-refractivity contribution in [2.24, 2.45) is 5.73 Å². The van der Waals surface area contributed by atoms with E-state index < -0.39 is 18.1 Å². The molecule has 0 amide bonds. The van der Waals surface area contributed by atoms with Crippen LogP contribution in [-0.2, 0) is 22.5 Å². The Balaban J connectivity index is 3.03. The second-order valence-corrected chi connectivity index (χ2v) is 4.76. The van der Waals surface area contributed by atoms with Gasteiger partial charge in [-0.1, -0.05) is 0 Å². The van der Waals surface area contributed by atoms with Crippen LogP contribution in [0.15, 0.2) is 6.07 Å². The first-order chi connectivity index (χ1) is 9.26. The van der Waals surface area contributed by atoms with Crippen LogP contribution in [0.25, 0.3) is 0 Å². The molecule has 9 heteroatoms. The normalized spacial score (nSPS) is 11.3. The second-order valence-electron chi connectivity index (χ2n) is 3.60. The minimum atomic E-state index is -4.82. The van der Waals surface area contributed by atoms with Crippen molar-refractivity contribution < 1.29 is 27.4 Å². The lowest BCUT2D eigenvalue weighted by atomic mass is 10.2. The molecule has 1 aromatic rings. The van der Waals surface area contributed by atoms with E-state index in [0.29, 0.717) is 9.26 Å². The number of esters is 1. The van der Waals surface area contributed by atoms with Crippen LogP contribution in [-0.4, -0.2) is 23.9 Å². The van der Waals surface area contributed by atoms with E-state index in [2.05, 4.69) is 9.72 Å². The average molecular weight is 404 g/mol. The molecular weight excluding hydrogens is 392 g/mol. The Kier molecular flexibility index (Phi) is 5.99. The maximum absolute atomic E-state index is 12.2. The molecule has 0 saturated carbocycles. The van der Waals surface area contributed by atoms with E-state index in [1.807, 2.05) is 0 Å². The van der Waals surface area contributed by atoms with Crippen molar-refractivity contribution in [2.75, 3.05) is 6.61 Å². The second kappa shape index (κ2) is 7.07. The number of pyridine rings is 1. The van der Waals surface area contributed by atoms with Gasteiger partial charge in [-0.25, -0.2) is 0 Å². The summed E-state index contributed by atoms with van der Waals surface area (Å²) in [5.74, 6) is -0.970. The van der Waals surface area contributed by atoms with Gasteiger partial charge >= 0.3 is 12.3 Å². The zero-order valence-electron chi connectivity index (χ0n) is 10.5. The number of aromatic nitrogens is 1. The van der Waals surface area contributed by atoms with E-state index in [-0.39, 0.29) is 25.3 Å². The zero-order valence-corrected chi connectivity index (χ0v) is 12.6. The molecule has 0 saturated heterocycles. The molecule has 2 N–H and O–H groups in total. The minimum absolute atomic E-state index is 0.0676. The van der Waals surface area contributed by atoms with Crippen molar-refractivity contribution >= 4 is 28.6 Å². The quantitative estimate of drug-likeness (QED) is 0.602. The molecule has 1 heterocycles. The number of nitrogens with two attached hydrogens (primary N) is 1. The fourth-order valence-corrected chi connectivity index (χ4v) is 1.98. The first-order valence-corrected chi connectivity index (χ1v) is 6.64. The number of alkyl halides is 3. The van der Waals surface area contributed by atoms with Crippen molar-refractivity contribution in [2.45, 2.75) is 26.3 Å². The number of ether oxygens (including phenoxy) is 2. The van der Waals surface area contributed by atoms with Gasteiger partial charge in [0.25, 0.3) is 0 Å². The number of nitrogens with zero attached hydrogens (tertiary/aromatic N) is 1. The third kappa shape index (κ3) is 5.12. The molecule has 0 unspecified atom stereocenters. The molecule has 0 aliphatic rings. The Morgan fingerprint density at radius 3 is 2.60 bits per heavy atom. The van der Waals surface area contributed by atoms with E-state index >= 15 is 0 Å². The molecule has 0 aliphatic carbocycles. The first-order valence-electron chi connectivity index (χ1n) is 5.56. The summed E-state index contributed by atoms with van der Waals surface area (Å²) in [5.41, 5.74) is 5.59. The maximum atomic E-state index is 12.2. The van der Waals surface area contributed by atoms with Crippen LogP contribution in [0.5, 0.6) is 5.75 Å². The van der Waals surface area contributed by atoms with Crippen LogP contribution in [0.2, 0.25) is 0 Å². The van der Waals surface area contributed by atoms with Crippen LogP contribution >= 0.6 is 22.6 Å². The third-order valence-corrected chi connectivity index (χ3v) is 3.06. The van der Waals surface area contributed by atoms with Crippen molar-refractivity contribution in [3.8, 4) is 5.75 Å². The summed E-state index contributed by atoms with van der Waals surface area (Å²) in [6.45, 7) is 1.63. The van der Waals surface area contributed by atoms with Crippen molar-refractivity contribution in [3.63, 3.8) is 0 Å². The molecule has 0 atom stereocenters. The molecule has 0 bridgehead atoms. The van der Waals surface area contributed by atoms with E-state index in [1.165, 1.54) is 0 Å². The number of hydrogen-bond donors (Lipinski definition) is 1. The van der Waals surface area contributed by atoms with E-state index in [4.69, 9.17) is 10.5 Å². The molecule has 0 aromatic carbocycles. The molecule has 0 aliphatic heterocycles. The lowest BCUT2D eigenvalue weighted by Crippen LogP contribution is -2.20. The van der Waals surface area contributed by atoms with Gasteiger partial charge in [-0.05, 0) is 35.6 Å². The van der Waals surface area contributed by atoms with Crippen LogP contribution in [0.3, 0.4) is 0 Å². The number of rotatable bonds is 5. The number of carbonyl (C=O) groups is 1. The number of carbonyl (C=O) groups excluding carboxylic acids is 1. The lowest BCUT2D eigenvalue weighted by molar-refractivity contribution is -0.275. The highest BCUT2D eigenvalue weighted by atomic mass is 127. The van der Waals surface area contributed by atoms with Crippen molar-refractivity contribution in [3.05, 3.63) is 21.0 Å². The molecule has 1 aromatic heterocycles. The van der Waals surface area contributed by atoms with Gasteiger partial charge in [-0.3, -0.25) is 9.78 Å². The first kappa shape index (κ1) is 17.0. The predicted octanol–water partition coefficient (Wildman–Crippen LogP) is 2.15. The van der Waals surface area contributed by atoms with Gasteiger partial charge < -0.3 is 15.2 Å². The molecule has 0 radical (unpaired) electrons. The average Bonchev–Trinajstić information content (AvgIpc) is 2.31. The largest absolute Gasteiger partial charge is 0.573 e. The van der Waals surface area contributed by atoms with Crippen LogP contribution in [0, 0.1) is 3.57 Å². The van der Waals surface area contributed by atoms with E-state index in [9.17, 15) is 18.0 Å². The molecule has 0 fully saturated rings. The third-order valence-electron chi connectivity index (χ3n) is 2.12. The van der Waals surface area contributed by atoms with Gasteiger partial charge in [0.05, 0.1) is 24.4 Å². The zero-order chi connectivity index (χ0) is 15.3. The number of hydrogen-bond acceptors (Lipinski definition) is 5. The van der Waals surface area contributed by atoms with Crippen LogP contribution in [0.4, 0.5) is 13.2 Å². The summed E-state index contributed by atoms with van der Waals surface area (Å²) in [6.07, 6.45) is -4.96. The SMILES string of the molecule is CCOC(=O)Cc1nc(CN)c(OC(F)(F)F)cc1I. The molecule has 0 spiro atoms. The standard InChI is InChI=1S/C11H12F3IN2O3/c1-2-19-10(18)4-7-6(15)3-9(8(5-16)17-7)20-11(12,13)14/h3H,2,4-5,16H2,1H3.